The number of aliphatic hydroxyl groups excluding tert-OH is 1. The topological polar surface area (TPSA) is 176 Å². The lowest BCUT2D eigenvalue weighted by molar-refractivity contribution is -0.138. The standard InChI is InChI=1S/C20H36N3O8PS/c21-17(25)8-11-33-16-12-19(27)23(20(16)28)10-5-1-2-7-18(26)22-9-4-3-6-15(13-24)14-31-32(29)30/h15-16,24,32H,1-14H2,(H2,21,25)(H,22,26)(H,29,30). The van der Waals surface area contributed by atoms with Gasteiger partial charge >= 0.3 is 8.25 Å². The van der Waals surface area contributed by atoms with Crippen molar-refractivity contribution in [1.82, 2.24) is 10.2 Å². The van der Waals surface area contributed by atoms with Crippen LogP contribution in [-0.2, 0) is 28.3 Å². The van der Waals surface area contributed by atoms with Gasteiger partial charge in [-0.1, -0.05) is 12.8 Å². The van der Waals surface area contributed by atoms with Crippen LogP contribution in [0.1, 0.15) is 57.8 Å². The summed E-state index contributed by atoms with van der Waals surface area (Å²) >= 11 is 1.29. The molecule has 1 heterocycles. The average molecular weight is 510 g/mol. The Balaban J connectivity index is 2.08. The Morgan fingerprint density at radius 1 is 1.21 bits per heavy atom. The van der Waals surface area contributed by atoms with E-state index >= 15 is 0 Å². The van der Waals surface area contributed by atoms with Crippen molar-refractivity contribution in [3.63, 3.8) is 0 Å². The first-order chi connectivity index (χ1) is 15.7. The van der Waals surface area contributed by atoms with Crippen molar-refractivity contribution in [3.05, 3.63) is 0 Å². The predicted octanol–water partition coefficient (Wildman–Crippen LogP) is 0.576. The molecular formula is C20H36N3O8PS. The van der Waals surface area contributed by atoms with Crippen LogP contribution in [0.15, 0.2) is 0 Å². The van der Waals surface area contributed by atoms with Crippen LogP contribution in [0.25, 0.3) is 0 Å². The van der Waals surface area contributed by atoms with E-state index in [2.05, 4.69) is 9.84 Å². The van der Waals surface area contributed by atoms with Gasteiger partial charge in [0.25, 0.3) is 0 Å². The first kappa shape index (κ1) is 29.6. The van der Waals surface area contributed by atoms with Crippen molar-refractivity contribution >= 4 is 43.6 Å². The SMILES string of the molecule is NC(=O)CCSC1CC(=O)N(CCCCCC(=O)NCCCCC(CO)CO[PH](=O)O)C1=O. The van der Waals surface area contributed by atoms with E-state index in [1.165, 1.54) is 16.7 Å². The van der Waals surface area contributed by atoms with E-state index < -0.39 is 19.4 Å². The number of amides is 4. The van der Waals surface area contributed by atoms with Crippen molar-refractivity contribution in [2.24, 2.45) is 11.7 Å². The number of carbonyl (C=O) groups excluding carboxylic acids is 4. The van der Waals surface area contributed by atoms with Crippen LogP contribution in [0.3, 0.4) is 0 Å². The van der Waals surface area contributed by atoms with Gasteiger partial charge in [-0.2, -0.15) is 0 Å². The van der Waals surface area contributed by atoms with Crippen molar-refractivity contribution in [3.8, 4) is 0 Å². The molecule has 0 aliphatic carbocycles. The van der Waals surface area contributed by atoms with Gasteiger partial charge in [-0.05, 0) is 25.7 Å². The quantitative estimate of drug-likeness (QED) is 0.110. The molecule has 1 fully saturated rings. The highest BCUT2D eigenvalue weighted by atomic mass is 32.2. The fraction of sp³-hybridized carbons (Fsp3) is 0.800. The van der Waals surface area contributed by atoms with Crippen molar-refractivity contribution in [1.29, 1.82) is 0 Å². The molecule has 0 bridgehead atoms. The summed E-state index contributed by atoms with van der Waals surface area (Å²) < 4.78 is 15.2. The number of hydrogen-bond donors (Lipinski definition) is 4. The van der Waals surface area contributed by atoms with Crippen LogP contribution in [0.5, 0.6) is 0 Å². The van der Waals surface area contributed by atoms with Crippen LogP contribution < -0.4 is 11.1 Å². The zero-order valence-electron chi connectivity index (χ0n) is 18.8. The minimum absolute atomic E-state index is 0.0422. The maximum atomic E-state index is 12.3. The number of imide groups is 1. The second-order valence-electron chi connectivity index (χ2n) is 7.95. The zero-order chi connectivity index (χ0) is 24.6. The van der Waals surface area contributed by atoms with Gasteiger partial charge in [0.05, 0.1) is 11.9 Å². The molecule has 0 spiro atoms. The van der Waals surface area contributed by atoms with Gasteiger partial charge in [0.2, 0.25) is 23.6 Å². The summed E-state index contributed by atoms with van der Waals surface area (Å²) in [7, 11) is -2.99. The summed E-state index contributed by atoms with van der Waals surface area (Å²) in [5, 5.41) is 11.6. The maximum Gasteiger partial charge on any atom is 0.316 e. The molecule has 0 aromatic rings. The molecule has 0 aromatic heterocycles. The Hall–Kier alpha value is -1.46. The monoisotopic (exact) mass is 509 g/mol. The molecule has 5 N–H and O–H groups in total. The van der Waals surface area contributed by atoms with E-state index in [1.54, 1.807) is 0 Å². The van der Waals surface area contributed by atoms with Gasteiger partial charge in [-0.3, -0.25) is 28.6 Å². The lowest BCUT2D eigenvalue weighted by Gasteiger charge is -2.14. The molecule has 1 rings (SSSR count). The number of unbranched alkanes of at least 4 members (excludes halogenated alkanes) is 3. The third-order valence-electron chi connectivity index (χ3n) is 5.22. The number of nitrogens with zero attached hydrogens (tertiary/aromatic N) is 1. The largest absolute Gasteiger partial charge is 0.396 e. The number of likely N-dealkylation sites (tertiary alicyclic amines) is 1. The molecule has 1 aliphatic heterocycles. The number of nitrogens with two attached hydrogens (primary N) is 1. The molecular weight excluding hydrogens is 473 g/mol. The fourth-order valence-corrected chi connectivity index (χ4v) is 4.85. The Labute approximate surface area is 199 Å². The van der Waals surface area contributed by atoms with Crippen LogP contribution in [0.4, 0.5) is 0 Å². The molecule has 1 aliphatic rings. The summed E-state index contributed by atoms with van der Waals surface area (Å²) in [6.07, 6.45) is 4.82. The predicted molar refractivity (Wildman–Crippen MR) is 124 cm³/mol. The molecule has 4 amide bonds. The lowest BCUT2D eigenvalue weighted by Crippen LogP contribution is -2.32. The number of aliphatic hydroxyl groups is 1. The second-order valence-corrected chi connectivity index (χ2v) is 10.1. The minimum atomic E-state index is -2.99. The number of nitrogens with one attached hydrogen (secondary N) is 1. The van der Waals surface area contributed by atoms with Crippen molar-refractivity contribution in [2.75, 3.05) is 32.1 Å². The van der Waals surface area contributed by atoms with Crippen molar-refractivity contribution < 1.29 is 38.3 Å². The summed E-state index contributed by atoms with van der Waals surface area (Å²) in [5.74, 6) is -0.677. The van der Waals surface area contributed by atoms with Crippen LogP contribution in [0, 0.1) is 5.92 Å². The summed E-state index contributed by atoms with van der Waals surface area (Å²) in [6, 6.07) is 0. The summed E-state index contributed by atoms with van der Waals surface area (Å²) in [5.41, 5.74) is 5.09. The van der Waals surface area contributed by atoms with E-state index in [-0.39, 0.29) is 49.7 Å². The van der Waals surface area contributed by atoms with E-state index in [1.807, 2.05) is 0 Å². The summed E-state index contributed by atoms with van der Waals surface area (Å²) in [6.45, 7) is 0.776. The molecule has 33 heavy (non-hydrogen) atoms. The number of carbonyl (C=O) groups is 4. The molecule has 0 radical (unpaired) electrons. The highest BCUT2D eigenvalue weighted by Crippen LogP contribution is 2.26. The zero-order valence-corrected chi connectivity index (χ0v) is 20.6. The number of primary amides is 1. The fourth-order valence-electron chi connectivity index (χ4n) is 3.34. The van der Waals surface area contributed by atoms with Gasteiger partial charge in [0.15, 0.2) is 0 Å². The Kier molecular flexibility index (Phi) is 15.3. The van der Waals surface area contributed by atoms with Gasteiger partial charge < -0.3 is 25.6 Å². The molecule has 0 saturated carbocycles. The minimum Gasteiger partial charge on any atom is -0.396 e. The summed E-state index contributed by atoms with van der Waals surface area (Å²) in [4.78, 5) is 57.0. The smallest absolute Gasteiger partial charge is 0.316 e. The Bertz CT molecular complexity index is 682. The molecule has 3 unspecified atom stereocenters. The van der Waals surface area contributed by atoms with Crippen molar-refractivity contribution in [2.45, 2.75) is 63.0 Å². The van der Waals surface area contributed by atoms with Crippen LogP contribution >= 0.6 is 20.0 Å². The van der Waals surface area contributed by atoms with E-state index in [0.717, 1.165) is 19.3 Å². The Morgan fingerprint density at radius 2 is 1.97 bits per heavy atom. The third-order valence-corrected chi connectivity index (χ3v) is 6.84. The molecule has 13 heteroatoms. The second kappa shape index (κ2) is 17.0. The van der Waals surface area contributed by atoms with Gasteiger partial charge in [-0.15, -0.1) is 11.8 Å². The van der Waals surface area contributed by atoms with E-state index in [4.69, 9.17) is 10.6 Å². The number of rotatable bonds is 19. The third kappa shape index (κ3) is 13.1. The van der Waals surface area contributed by atoms with Gasteiger partial charge in [-0.25, -0.2) is 0 Å². The van der Waals surface area contributed by atoms with E-state index in [9.17, 15) is 28.8 Å². The first-order valence-electron chi connectivity index (χ1n) is 11.2. The molecule has 0 aromatic carbocycles. The first-order valence-corrected chi connectivity index (χ1v) is 13.5. The average Bonchev–Trinajstić information content (AvgIpc) is 3.02. The highest BCUT2D eigenvalue weighted by molar-refractivity contribution is 8.00. The van der Waals surface area contributed by atoms with Gasteiger partial charge in [0, 0.05) is 50.6 Å². The molecule has 190 valence electrons. The van der Waals surface area contributed by atoms with Crippen LogP contribution in [-0.4, -0.2) is 75.8 Å². The molecule has 1 saturated heterocycles. The normalized spacial score (nSPS) is 17.9. The number of hydrogen-bond acceptors (Lipinski definition) is 8. The van der Waals surface area contributed by atoms with E-state index in [0.29, 0.717) is 44.5 Å². The molecule has 11 nitrogen and oxygen atoms in total. The highest BCUT2D eigenvalue weighted by Gasteiger charge is 2.38. The lowest BCUT2D eigenvalue weighted by atomic mass is 10.0. The maximum absolute atomic E-state index is 12.3. The Morgan fingerprint density at radius 3 is 2.64 bits per heavy atom. The molecule has 3 atom stereocenters. The van der Waals surface area contributed by atoms with Gasteiger partial charge in [0.1, 0.15) is 0 Å². The number of thioether (sulfide) groups is 1. The van der Waals surface area contributed by atoms with Crippen LogP contribution in [0.2, 0.25) is 0 Å².